The lowest BCUT2D eigenvalue weighted by molar-refractivity contribution is -0.00689. The number of hydrogen-bond donors (Lipinski definition) is 1. The molecule has 0 spiro atoms. The van der Waals surface area contributed by atoms with Crippen molar-refractivity contribution in [2.24, 2.45) is 10.3 Å². The zero-order valence-corrected chi connectivity index (χ0v) is 9.19. The predicted octanol–water partition coefficient (Wildman–Crippen LogP) is 2.58. The Morgan fingerprint density at radius 3 is 2.57 bits per heavy atom. The van der Waals surface area contributed by atoms with Crippen LogP contribution in [0.25, 0.3) is 0 Å². The SMILES string of the molecule is CC(C)=C/C=N/OC(C)(C)CC=NO. The molecule has 0 unspecified atom stereocenters. The van der Waals surface area contributed by atoms with Crippen LogP contribution in [0.5, 0.6) is 0 Å². The highest BCUT2D eigenvalue weighted by Crippen LogP contribution is 2.12. The fourth-order valence-corrected chi connectivity index (χ4v) is 0.651. The lowest BCUT2D eigenvalue weighted by Crippen LogP contribution is -2.22. The van der Waals surface area contributed by atoms with Gasteiger partial charge in [-0.05, 0) is 33.8 Å². The molecule has 14 heavy (non-hydrogen) atoms. The van der Waals surface area contributed by atoms with Crippen molar-refractivity contribution in [2.75, 3.05) is 0 Å². The summed E-state index contributed by atoms with van der Waals surface area (Å²) in [6.07, 6.45) is 5.36. The molecule has 0 radical (unpaired) electrons. The van der Waals surface area contributed by atoms with E-state index in [1.807, 2.05) is 33.8 Å². The first-order valence-electron chi connectivity index (χ1n) is 4.49. The number of hydrogen-bond acceptors (Lipinski definition) is 4. The smallest absolute Gasteiger partial charge is 0.137 e. The number of nitrogens with zero attached hydrogens (tertiary/aromatic N) is 2. The normalized spacial score (nSPS) is 12.3. The highest BCUT2D eigenvalue weighted by Gasteiger charge is 2.17. The molecule has 0 fully saturated rings. The van der Waals surface area contributed by atoms with Gasteiger partial charge in [0.2, 0.25) is 0 Å². The Morgan fingerprint density at radius 2 is 2.07 bits per heavy atom. The molecule has 4 heteroatoms. The van der Waals surface area contributed by atoms with E-state index in [1.165, 1.54) is 6.21 Å². The maximum Gasteiger partial charge on any atom is 0.137 e. The molecular formula is C10H18N2O2. The minimum Gasteiger partial charge on any atom is -0.411 e. The summed E-state index contributed by atoms with van der Waals surface area (Å²) in [6, 6.07) is 0. The Balaban J connectivity index is 3.98. The van der Waals surface area contributed by atoms with Gasteiger partial charge in [0.25, 0.3) is 0 Å². The van der Waals surface area contributed by atoms with Crippen LogP contribution in [-0.2, 0) is 4.84 Å². The van der Waals surface area contributed by atoms with Crippen molar-refractivity contribution in [2.45, 2.75) is 39.7 Å². The van der Waals surface area contributed by atoms with Crippen LogP contribution in [0.15, 0.2) is 22.0 Å². The van der Waals surface area contributed by atoms with Gasteiger partial charge in [-0.3, -0.25) is 0 Å². The van der Waals surface area contributed by atoms with E-state index in [9.17, 15) is 0 Å². The van der Waals surface area contributed by atoms with Gasteiger partial charge in [-0.1, -0.05) is 10.7 Å². The van der Waals surface area contributed by atoms with Crippen LogP contribution in [0.3, 0.4) is 0 Å². The fraction of sp³-hybridized carbons (Fsp3) is 0.600. The van der Waals surface area contributed by atoms with Crippen LogP contribution < -0.4 is 0 Å². The molecule has 0 atom stereocenters. The van der Waals surface area contributed by atoms with E-state index in [4.69, 9.17) is 10.0 Å². The minimum absolute atomic E-state index is 0.446. The first-order chi connectivity index (χ1) is 6.48. The molecular weight excluding hydrogens is 180 g/mol. The molecule has 0 aromatic heterocycles. The number of allylic oxidation sites excluding steroid dienone is 2. The second-order valence-corrected chi connectivity index (χ2v) is 3.85. The maximum atomic E-state index is 8.24. The topological polar surface area (TPSA) is 54.2 Å². The summed E-state index contributed by atoms with van der Waals surface area (Å²) >= 11 is 0. The minimum atomic E-state index is -0.446. The lowest BCUT2D eigenvalue weighted by Gasteiger charge is -2.18. The van der Waals surface area contributed by atoms with Gasteiger partial charge >= 0.3 is 0 Å². The van der Waals surface area contributed by atoms with E-state index in [-0.39, 0.29) is 0 Å². The van der Waals surface area contributed by atoms with Gasteiger partial charge < -0.3 is 10.0 Å². The van der Waals surface area contributed by atoms with E-state index in [0.29, 0.717) is 6.42 Å². The van der Waals surface area contributed by atoms with Crippen LogP contribution in [0.1, 0.15) is 34.1 Å². The third kappa shape index (κ3) is 7.34. The quantitative estimate of drug-likeness (QED) is 0.419. The van der Waals surface area contributed by atoms with Crippen molar-refractivity contribution >= 4 is 12.4 Å². The van der Waals surface area contributed by atoms with Gasteiger partial charge in [0.15, 0.2) is 0 Å². The highest BCUT2D eigenvalue weighted by molar-refractivity contribution is 5.71. The van der Waals surface area contributed by atoms with E-state index >= 15 is 0 Å². The van der Waals surface area contributed by atoms with Gasteiger partial charge in [0.1, 0.15) is 5.60 Å². The number of oxime groups is 2. The van der Waals surface area contributed by atoms with Crippen LogP contribution >= 0.6 is 0 Å². The molecule has 0 heterocycles. The summed E-state index contributed by atoms with van der Waals surface area (Å²) in [5, 5.41) is 14.9. The first-order valence-corrected chi connectivity index (χ1v) is 4.49. The summed E-state index contributed by atoms with van der Waals surface area (Å²) < 4.78 is 0. The summed E-state index contributed by atoms with van der Waals surface area (Å²) in [6.45, 7) is 7.70. The molecule has 0 aliphatic carbocycles. The molecule has 0 aromatic carbocycles. The van der Waals surface area contributed by atoms with Crippen molar-refractivity contribution in [1.82, 2.24) is 0 Å². The van der Waals surface area contributed by atoms with Gasteiger partial charge in [-0.2, -0.15) is 0 Å². The summed E-state index contributed by atoms with van der Waals surface area (Å²) in [5.74, 6) is 0. The molecule has 0 rings (SSSR count). The molecule has 1 N–H and O–H groups in total. The Hall–Kier alpha value is -1.32. The summed E-state index contributed by atoms with van der Waals surface area (Å²) in [5.41, 5.74) is 0.713. The van der Waals surface area contributed by atoms with Crippen LogP contribution in [0.2, 0.25) is 0 Å². The zero-order chi connectivity index (χ0) is 11.0. The fourth-order valence-electron chi connectivity index (χ4n) is 0.651. The highest BCUT2D eigenvalue weighted by atomic mass is 16.6. The Labute approximate surface area is 84.9 Å². The largest absolute Gasteiger partial charge is 0.411 e. The van der Waals surface area contributed by atoms with Crippen molar-refractivity contribution < 1.29 is 10.0 Å². The van der Waals surface area contributed by atoms with E-state index in [2.05, 4.69) is 10.3 Å². The summed E-state index contributed by atoms with van der Waals surface area (Å²) in [7, 11) is 0. The van der Waals surface area contributed by atoms with Crippen LogP contribution in [0, 0.1) is 0 Å². The Kier molecular flexibility index (Phi) is 5.60. The van der Waals surface area contributed by atoms with Crippen molar-refractivity contribution in [1.29, 1.82) is 0 Å². The molecule has 80 valence electrons. The van der Waals surface area contributed by atoms with Crippen LogP contribution in [-0.4, -0.2) is 23.2 Å². The lowest BCUT2D eigenvalue weighted by atomic mass is 10.1. The Morgan fingerprint density at radius 1 is 1.43 bits per heavy atom. The molecule has 0 aliphatic rings. The van der Waals surface area contributed by atoms with Crippen LogP contribution in [0.4, 0.5) is 0 Å². The molecule has 0 amide bonds. The third-order valence-corrected chi connectivity index (χ3v) is 1.43. The van der Waals surface area contributed by atoms with Gasteiger partial charge in [0, 0.05) is 12.6 Å². The standard InChI is InChI=1S/C10H18N2O2/c1-9(2)5-7-12-14-10(3,4)6-8-11-13/h5,7-8,13H,6H2,1-4H3/b11-8?,12-7+. The molecule has 0 saturated heterocycles. The van der Waals surface area contributed by atoms with E-state index in [1.54, 1.807) is 6.21 Å². The molecule has 0 aliphatic heterocycles. The van der Waals surface area contributed by atoms with Crippen molar-refractivity contribution in [3.8, 4) is 0 Å². The average molecular weight is 198 g/mol. The average Bonchev–Trinajstić information content (AvgIpc) is 2.09. The van der Waals surface area contributed by atoms with E-state index < -0.39 is 5.60 Å². The molecule has 0 aromatic rings. The molecule has 0 bridgehead atoms. The zero-order valence-electron chi connectivity index (χ0n) is 9.19. The molecule has 4 nitrogen and oxygen atoms in total. The Bertz CT molecular complexity index is 239. The first kappa shape index (κ1) is 12.7. The second-order valence-electron chi connectivity index (χ2n) is 3.85. The van der Waals surface area contributed by atoms with Gasteiger partial charge in [0.05, 0.1) is 6.21 Å². The monoisotopic (exact) mass is 198 g/mol. The maximum absolute atomic E-state index is 8.24. The van der Waals surface area contributed by atoms with E-state index in [0.717, 1.165) is 5.57 Å². The van der Waals surface area contributed by atoms with Gasteiger partial charge in [-0.15, -0.1) is 5.16 Å². The van der Waals surface area contributed by atoms with Gasteiger partial charge in [-0.25, -0.2) is 0 Å². The predicted molar refractivity (Wildman–Crippen MR) is 58.0 cm³/mol. The third-order valence-electron chi connectivity index (χ3n) is 1.43. The molecule has 0 saturated carbocycles. The van der Waals surface area contributed by atoms with Crippen molar-refractivity contribution in [3.63, 3.8) is 0 Å². The number of rotatable bonds is 5. The second kappa shape index (κ2) is 6.18. The van der Waals surface area contributed by atoms with Crippen molar-refractivity contribution in [3.05, 3.63) is 11.6 Å². The summed E-state index contributed by atoms with van der Waals surface area (Å²) in [4.78, 5) is 5.20.